The Bertz CT molecular complexity index is 1360. The van der Waals surface area contributed by atoms with Crippen LogP contribution in [0.4, 0.5) is 4.39 Å². The van der Waals surface area contributed by atoms with Crippen molar-refractivity contribution in [1.82, 2.24) is 25.6 Å². The lowest BCUT2D eigenvalue weighted by Gasteiger charge is -2.19. The zero-order valence-electron chi connectivity index (χ0n) is 18.1. The molecule has 2 heterocycles. The highest BCUT2D eigenvalue weighted by atomic mass is 19.1. The molecular weight excluding hydrogens is 441 g/mol. The molecule has 0 saturated heterocycles. The number of amides is 2. The summed E-state index contributed by atoms with van der Waals surface area (Å²) < 4.78 is 15.0. The Hall–Kier alpha value is -4.44. The van der Waals surface area contributed by atoms with Crippen LogP contribution in [-0.4, -0.2) is 39.5 Å². The second-order valence-corrected chi connectivity index (χ2v) is 7.35. The smallest absolute Gasteiger partial charge is 0.310 e. The molecule has 0 aliphatic heterocycles. The summed E-state index contributed by atoms with van der Waals surface area (Å²) >= 11 is 0. The standard InChI is InChI=1S/C24H20FN5O4/c1-34-29-24(33)21(31)13-19(15-6-3-2-4-7-15)27-23(32)18-8-5-11-26-22(18)30-14-16-9-10-17(25)12-20(16)28-30/h2-12,14,19H,13H2,1H3,(H,27,32)(H,29,33). The van der Waals surface area contributed by atoms with Crippen LogP contribution < -0.4 is 10.8 Å². The predicted octanol–water partition coefficient (Wildman–Crippen LogP) is 2.67. The number of hydroxylamine groups is 1. The monoisotopic (exact) mass is 461 g/mol. The van der Waals surface area contributed by atoms with Gasteiger partial charge in [-0.25, -0.2) is 19.5 Å². The number of hydrogen-bond acceptors (Lipinski definition) is 6. The van der Waals surface area contributed by atoms with Gasteiger partial charge in [0.15, 0.2) is 5.82 Å². The Labute approximate surface area is 193 Å². The molecule has 1 atom stereocenters. The number of rotatable bonds is 8. The highest BCUT2D eigenvalue weighted by molar-refractivity contribution is 6.36. The number of carbonyl (C=O) groups is 3. The third kappa shape index (κ3) is 4.97. The van der Waals surface area contributed by atoms with Crippen LogP contribution in [0.15, 0.2) is 73.1 Å². The van der Waals surface area contributed by atoms with Gasteiger partial charge in [0.1, 0.15) is 5.82 Å². The molecule has 2 aromatic carbocycles. The van der Waals surface area contributed by atoms with E-state index in [0.717, 1.165) is 0 Å². The van der Waals surface area contributed by atoms with Crippen LogP contribution in [-0.2, 0) is 14.4 Å². The SMILES string of the molecule is CONC(=O)C(=O)CC(NC(=O)c1cccnc1-n1cc2ccc(F)cc2n1)c1ccccc1. The Morgan fingerprint density at radius 3 is 2.65 bits per heavy atom. The molecule has 34 heavy (non-hydrogen) atoms. The van der Waals surface area contributed by atoms with Crippen LogP contribution in [0.1, 0.15) is 28.4 Å². The number of hydrogen-bond donors (Lipinski definition) is 2. The number of carbonyl (C=O) groups excluding carboxylic acids is 3. The van der Waals surface area contributed by atoms with Crippen LogP contribution in [0.5, 0.6) is 0 Å². The molecule has 0 saturated carbocycles. The first-order valence-electron chi connectivity index (χ1n) is 10.3. The van der Waals surface area contributed by atoms with Crippen molar-refractivity contribution in [3.8, 4) is 5.82 Å². The number of ketones is 1. The molecule has 172 valence electrons. The molecule has 4 rings (SSSR count). The minimum Gasteiger partial charge on any atom is -0.345 e. The number of halogens is 1. The molecule has 1 unspecified atom stereocenters. The van der Waals surface area contributed by atoms with E-state index in [1.165, 1.54) is 30.1 Å². The molecule has 10 heteroatoms. The minimum absolute atomic E-state index is 0.186. The first-order valence-corrected chi connectivity index (χ1v) is 10.3. The molecular formula is C24H20FN5O4. The van der Waals surface area contributed by atoms with Crippen LogP contribution in [0.25, 0.3) is 16.7 Å². The molecule has 0 spiro atoms. The summed E-state index contributed by atoms with van der Waals surface area (Å²) in [7, 11) is 1.22. The molecule has 0 radical (unpaired) electrons. The van der Waals surface area contributed by atoms with Crippen molar-refractivity contribution in [3.63, 3.8) is 0 Å². The van der Waals surface area contributed by atoms with Crippen LogP contribution >= 0.6 is 0 Å². The fraction of sp³-hybridized carbons (Fsp3) is 0.125. The third-order valence-electron chi connectivity index (χ3n) is 5.06. The van der Waals surface area contributed by atoms with Gasteiger partial charge < -0.3 is 5.32 Å². The van der Waals surface area contributed by atoms with Gasteiger partial charge in [-0.1, -0.05) is 30.3 Å². The summed E-state index contributed by atoms with van der Waals surface area (Å²) in [6.45, 7) is 0. The number of nitrogens with one attached hydrogen (secondary N) is 2. The summed E-state index contributed by atoms with van der Waals surface area (Å²) in [6.07, 6.45) is 2.86. The largest absolute Gasteiger partial charge is 0.345 e. The average Bonchev–Trinajstić information content (AvgIpc) is 3.27. The normalized spacial score (nSPS) is 11.7. The zero-order chi connectivity index (χ0) is 24.1. The summed E-state index contributed by atoms with van der Waals surface area (Å²) in [6, 6.07) is 15.4. The summed E-state index contributed by atoms with van der Waals surface area (Å²) in [5, 5.41) is 7.81. The van der Waals surface area contributed by atoms with Gasteiger partial charge in [0, 0.05) is 30.3 Å². The van der Waals surface area contributed by atoms with E-state index in [1.807, 2.05) is 5.48 Å². The summed E-state index contributed by atoms with van der Waals surface area (Å²) in [5.74, 6) is -2.41. The highest BCUT2D eigenvalue weighted by Gasteiger charge is 2.25. The number of Topliss-reactive ketones (excluding diaryl/α,β-unsaturated/α-hetero) is 1. The van der Waals surface area contributed by atoms with E-state index in [0.29, 0.717) is 16.5 Å². The Balaban J connectivity index is 1.64. The van der Waals surface area contributed by atoms with E-state index in [4.69, 9.17) is 0 Å². The summed E-state index contributed by atoms with van der Waals surface area (Å²) in [4.78, 5) is 46.3. The van der Waals surface area contributed by atoms with Crippen molar-refractivity contribution >= 4 is 28.5 Å². The molecule has 2 N–H and O–H groups in total. The van der Waals surface area contributed by atoms with Gasteiger partial charge in [0.25, 0.3) is 5.91 Å². The Kier molecular flexibility index (Phi) is 6.69. The first kappa shape index (κ1) is 22.7. The molecule has 0 fully saturated rings. The lowest BCUT2D eigenvalue weighted by Crippen LogP contribution is -2.36. The maximum Gasteiger partial charge on any atom is 0.310 e. The summed E-state index contributed by atoms with van der Waals surface area (Å²) in [5.41, 5.74) is 3.22. The van der Waals surface area contributed by atoms with Crippen LogP contribution in [0.2, 0.25) is 0 Å². The van der Waals surface area contributed by atoms with Gasteiger partial charge in [0.05, 0.1) is 24.2 Å². The van der Waals surface area contributed by atoms with Crippen molar-refractivity contribution in [2.45, 2.75) is 12.5 Å². The fourth-order valence-corrected chi connectivity index (χ4v) is 3.46. The van der Waals surface area contributed by atoms with E-state index in [2.05, 4.69) is 20.2 Å². The predicted molar refractivity (Wildman–Crippen MR) is 120 cm³/mol. The molecule has 4 aromatic rings. The minimum atomic E-state index is -0.921. The third-order valence-corrected chi connectivity index (χ3v) is 5.06. The van der Waals surface area contributed by atoms with Crippen molar-refractivity contribution in [2.75, 3.05) is 7.11 Å². The van der Waals surface area contributed by atoms with Crippen LogP contribution in [0.3, 0.4) is 0 Å². The van der Waals surface area contributed by atoms with Gasteiger partial charge in [-0.2, -0.15) is 5.10 Å². The molecule has 0 bridgehead atoms. The molecule has 0 aliphatic carbocycles. The van der Waals surface area contributed by atoms with E-state index >= 15 is 0 Å². The maximum absolute atomic E-state index is 13.6. The Morgan fingerprint density at radius 2 is 1.88 bits per heavy atom. The Morgan fingerprint density at radius 1 is 1.09 bits per heavy atom. The van der Waals surface area contributed by atoms with Gasteiger partial charge in [0.2, 0.25) is 5.78 Å². The van der Waals surface area contributed by atoms with Crippen molar-refractivity contribution in [1.29, 1.82) is 0 Å². The quantitative estimate of drug-likeness (QED) is 0.308. The highest BCUT2D eigenvalue weighted by Crippen LogP contribution is 2.21. The molecule has 2 amide bonds. The number of nitrogens with zero attached hydrogens (tertiary/aromatic N) is 3. The van der Waals surface area contributed by atoms with E-state index in [1.54, 1.807) is 54.7 Å². The zero-order valence-corrected chi connectivity index (χ0v) is 18.1. The second kappa shape index (κ2) is 10.0. The lowest BCUT2D eigenvalue weighted by molar-refractivity contribution is -0.144. The number of aromatic nitrogens is 3. The van der Waals surface area contributed by atoms with E-state index in [-0.39, 0.29) is 17.8 Å². The van der Waals surface area contributed by atoms with Gasteiger partial charge >= 0.3 is 5.91 Å². The van der Waals surface area contributed by atoms with Crippen LogP contribution in [0, 0.1) is 5.82 Å². The average molecular weight is 461 g/mol. The molecule has 2 aromatic heterocycles. The topological polar surface area (TPSA) is 115 Å². The van der Waals surface area contributed by atoms with E-state index in [9.17, 15) is 18.8 Å². The first-order chi connectivity index (χ1) is 16.5. The fourth-order valence-electron chi connectivity index (χ4n) is 3.46. The lowest BCUT2D eigenvalue weighted by atomic mass is 10.0. The van der Waals surface area contributed by atoms with Crippen molar-refractivity contribution in [2.24, 2.45) is 0 Å². The molecule has 0 aliphatic rings. The number of pyridine rings is 1. The van der Waals surface area contributed by atoms with Crippen molar-refractivity contribution < 1.29 is 23.6 Å². The van der Waals surface area contributed by atoms with Gasteiger partial charge in [-0.05, 0) is 29.8 Å². The van der Waals surface area contributed by atoms with E-state index < -0.39 is 29.5 Å². The second-order valence-electron chi connectivity index (χ2n) is 7.35. The van der Waals surface area contributed by atoms with Gasteiger partial charge in [-0.15, -0.1) is 0 Å². The number of fused-ring (bicyclic) bond motifs is 1. The molecule has 9 nitrogen and oxygen atoms in total. The number of benzene rings is 2. The van der Waals surface area contributed by atoms with Crippen molar-refractivity contribution in [3.05, 3.63) is 90.0 Å². The maximum atomic E-state index is 13.6. The van der Waals surface area contributed by atoms with Gasteiger partial charge in [-0.3, -0.25) is 19.2 Å².